The molecule has 0 aliphatic carbocycles. The van der Waals surface area contributed by atoms with Crippen LogP contribution in [0.4, 0.5) is 6.01 Å². The lowest BCUT2D eigenvalue weighted by Gasteiger charge is -2.16. The van der Waals surface area contributed by atoms with Crippen molar-refractivity contribution in [1.82, 2.24) is 25.1 Å². The van der Waals surface area contributed by atoms with Crippen LogP contribution in [0.3, 0.4) is 0 Å². The average Bonchev–Trinajstić information content (AvgIpc) is 3.27. The first-order chi connectivity index (χ1) is 15.0. The predicted molar refractivity (Wildman–Crippen MR) is 122 cm³/mol. The van der Waals surface area contributed by atoms with Crippen LogP contribution in [0.5, 0.6) is 0 Å². The molecule has 0 saturated heterocycles. The smallest absolute Gasteiger partial charge is 0.316 e. The van der Waals surface area contributed by atoms with Gasteiger partial charge in [-0.3, -0.25) is 4.98 Å². The van der Waals surface area contributed by atoms with Gasteiger partial charge in [0.25, 0.3) is 5.89 Å². The van der Waals surface area contributed by atoms with Crippen LogP contribution in [-0.4, -0.2) is 39.2 Å². The maximum Gasteiger partial charge on any atom is 0.316 e. The zero-order chi connectivity index (χ0) is 21.8. The number of aromatic nitrogens is 4. The van der Waals surface area contributed by atoms with Gasteiger partial charge in [-0.1, -0.05) is 66.3 Å². The summed E-state index contributed by atoms with van der Waals surface area (Å²) >= 11 is 0. The van der Waals surface area contributed by atoms with E-state index in [1.54, 1.807) is 6.20 Å². The fraction of sp³-hybridized carbons (Fsp3) is 0.167. The molecule has 0 saturated carbocycles. The van der Waals surface area contributed by atoms with E-state index in [0.29, 0.717) is 24.1 Å². The first-order valence-corrected chi connectivity index (χ1v) is 9.93. The molecule has 1 N–H and O–H groups in total. The first kappa shape index (κ1) is 20.3. The van der Waals surface area contributed by atoms with Gasteiger partial charge >= 0.3 is 6.01 Å². The highest BCUT2D eigenvalue weighted by atomic mass is 16.4. The van der Waals surface area contributed by atoms with Crippen LogP contribution in [0.15, 0.2) is 71.8 Å². The molecule has 2 aromatic carbocycles. The minimum Gasteiger partial charge on any atom is -0.402 e. The maximum atomic E-state index is 5.79. The van der Waals surface area contributed by atoms with Crippen LogP contribution in [0, 0.1) is 6.92 Å². The number of hydrogen-bond donors (Lipinski definition) is 1. The van der Waals surface area contributed by atoms with Gasteiger partial charge in [0, 0.05) is 31.9 Å². The third kappa shape index (κ3) is 4.61. The molecular formula is C24H24N6O. The fourth-order valence-corrected chi connectivity index (χ4v) is 3.05. The highest BCUT2D eigenvalue weighted by molar-refractivity contribution is 5.68. The van der Waals surface area contributed by atoms with Crippen molar-refractivity contribution in [3.05, 3.63) is 84.2 Å². The molecule has 0 amide bonds. The lowest BCUT2D eigenvalue weighted by atomic mass is 10.1. The Balaban J connectivity index is 1.54. The molecule has 0 unspecified atom stereocenters. The SMILES string of the molecule is C=C(c1ccc(-c2cnc(C)c(-c3nnc(NCc4ccccc4)o3)n2)cc1)N(C)C. The van der Waals surface area contributed by atoms with Crippen LogP contribution in [0.2, 0.25) is 0 Å². The Morgan fingerprint density at radius 3 is 2.48 bits per heavy atom. The Labute approximate surface area is 181 Å². The second-order valence-electron chi connectivity index (χ2n) is 7.36. The van der Waals surface area contributed by atoms with Crippen molar-refractivity contribution in [2.75, 3.05) is 19.4 Å². The molecule has 0 radical (unpaired) electrons. The van der Waals surface area contributed by atoms with Crippen molar-refractivity contribution in [3.63, 3.8) is 0 Å². The molecule has 4 aromatic rings. The molecule has 4 rings (SSSR count). The van der Waals surface area contributed by atoms with Crippen molar-refractivity contribution in [2.45, 2.75) is 13.5 Å². The molecule has 31 heavy (non-hydrogen) atoms. The van der Waals surface area contributed by atoms with Gasteiger partial charge in [-0.2, -0.15) is 0 Å². The van der Waals surface area contributed by atoms with Crippen molar-refractivity contribution in [1.29, 1.82) is 0 Å². The highest BCUT2D eigenvalue weighted by Gasteiger charge is 2.15. The lowest BCUT2D eigenvalue weighted by molar-refractivity contribution is 0.577. The van der Waals surface area contributed by atoms with Crippen LogP contribution in [0.1, 0.15) is 16.8 Å². The standard InChI is InChI=1S/C24H24N6O/c1-16-22(23-28-29-24(31-23)26-14-18-8-6-5-7-9-18)27-21(15-25-16)20-12-10-19(11-13-20)17(2)30(3)4/h5-13,15H,2,14H2,1,3-4H3,(H,26,29). The number of aryl methyl sites for hydroxylation is 1. The molecule has 0 atom stereocenters. The Kier molecular flexibility index (Phi) is 5.75. The molecule has 0 aliphatic heterocycles. The van der Waals surface area contributed by atoms with E-state index in [1.165, 1.54) is 0 Å². The number of benzene rings is 2. The van der Waals surface area contributed by atoms with E-state index in [0.717, 1.165) is 33.8 Å². The quantitative estimate of drug-likeness (QED) is 0.473. The molecule has 0 spiro atoms. The van der Waals surface area contributed by atoms with Crippen molar-refractivity contribution in [2.24, 2.45) is 0 Å². The molecular weight excluding hydrogens is 388 g/mol. The van der Waals surface area contributed by atoms with E-state index >= 15 is 0 Å². The van der Waals surface area contributed by atoms with Crippen LogP contribution >= 0.6 is 0 Å². The van der Waals surface area contributed by atoms with Gasteiger partial charge in [0.2, 0.25) is 0 Å². The first-order valence-electron chi connectivity index (χ1n) is 9.93. The van der Waals surface area contributed by atoms with E-state index in [-0.39, 0.29) is 0 Å². The second kappa shape index (κ2) is 8.79. The predicted octanol–water partition coefficient (Wildman–Crippen LogP) is 4.65. The summed E-state index contributed by atoms with van der Waals surface area (Å²) in [5.74, 6) is 0.333. The average molecular weight is 412 g/mol. The van der Waals surface area contributed by atoms with E-state index < -0.39 is 0 Å². The Morgan fingerprint density at radius 1 is 1.03 bits per heavy atom. The zero-order valence-electron chi connectivity index (χ0n) is 17.8. The van der Waals surface area contributed by atoms with Crippen molar-refractivity contribution >= 4 is 11.7 Å². The molecule has 2 heterocycles. The maximum absolute atomic E-state index is 5.79. The molecule has 156 valence electrons. The van der Waals surface area contributed by atoms with E-state index in [1.807, 2.05) is 80.5 Å². The fourth-order valence-electron chi connectivity index (χ4n) is 3.05. The van der Waals surface area contributed by atoms with Crippen LogP contribution in [0.25, 0.3) is 28.5 Å². The second-order valence-corrected chi connectivity index (χ2v) is 7.36. The number of nitrogens with zero attached hydrogens (tertiary/aromatic N) is 5. The number of rotatable bonds is 7. The Morgan fingerprint density at radius 2 is 1.77 bits per heavy atom. The summed E-state index contributed by atoms with van der Waals surface area (Å²) in [6.45, 7) is 6.56. The van der Waals surface area contributed by atoms with E-state index in [9.17, 15) is 0 Å². The van der Waals surface area contributed by atoms with E-state index in [4.69, 9.17) is 9.40 Å². The third-order valence-corrected chi connectivity index (χ3v) is 4.92. The summed E-state index contributed by atoms with van der Waals surface area (Å²) in [6, 6.07) is 18.4. The highest BCUT2D eigenvalue weighted by Crippen LogP contribution is 2.26. The zero-order valence-corrected chi connectivity index (χ0v) is 17.8. The van der Waals surface area contributed by atoms with Crippen molar-refractivity contribution < 1.29 is 4.42 Å². The molecule has 0 bridgehead atoms. The Hall–Kier alpha value is -4.00. The molecule has 7 nitrogen and oxygen atoms in total. The van der Waals surface area contributed by atoms with Gasteiger partial charge in [-0.25, -0.2) is 4.98 Å². The van der Waals surface area contributed by atoms with Crippen molar-refractivity contribution in [3.8, 4) is 22.8 Å². The summed E-state index contributed by atoms with van der Waals surface area (Å²) in [6.07, 6.45) is 1.75. The summed E-state index contributed by atoms with van der Waals surface area (Å²) in [5, 5.41) is 11.4. The minimum atomic E-state index is 0.333. The summed E-state index contributed by atoms with van der Waals surface area (Å²) < 4.78 is 5.79. The summed E-state index contributed by atoms with van der Waals surface area (Å²) in [5.41, 5.74) is 6.11. The van der Waals surface area contributed by atoms with Gasteiger partial charge in [0.1, 0.15) is 5.69 Å². The third-order valence-electron chi connectivity index (χ3n) is 4.92. The van der Waals surface area contributed by atoms with Crippen LogP contribution in [-0.2, 0) is 6.54 Å². The largest absolute Gasteiger partial charge is 0.402 e. The normalized spacial score (nSPS) is 10.7. The molecule has 7 heteroatoms. The number of nitrogens with one attached hydrogen (secondary N) is 1. The topological polar surface area (TPSA) is 80.0 Å². The monoisotopic (exact) mass is 412 g/mol. The number of hydrogen-bond acceptors (Lipinski definition) is 7. The van der Waals surface area contributed by atoms with Gasteiger partial charge in [-0.15, -0.1) is 5.10 Å². The summed E-state index contributed by atoms with van der Waals surface area (Å²) in [4.78, 5) is 11.2. The van der Waals surface area contributed by atoms with Gasteiger partial charge in [0.05, 0.1) is 17.6 Å². The molecule has 0 aliphatic rings. The Bertz CT molecular complexity index is 1180. The minimum absolute atomic E-state index is 0.333. The molecule has 2 aromatic heterocycles. The van der Waals surface area contributed by atoms with Gasteiger partial charge in [0.15, 0.2) is 0 Å². The van der Waals surface area contributed by atoms with Crippen LogP contribution < -0.4 is 5.32 Å². The van der Waals surface area contributed by atoms with Gasteiger partial charge in [-0.05, 0) is 18.1 Å². The van der Waals surface area contributed by atoms with Gasteiger partial charge < -0.3 is 14.6 Å². The number of anilines is 1. The van der Waals surface area contributed by atoms with E-state index in [2.05, 4.69) is 27.1 Å². The lowest BCUT2D eigenvalue weighted by Crippen LogP contribution is -2.08. The summed E-state index contributed by atoms with van der Waals surface area (Å²) in [7, 11) is 3.95. The molecule has 0 fully saturated rings.